The maximum Gasteiger partial charge on any atom is 0.248 e. The van der Waals surface area contributed by atoms with Gasteiger partial charge in [-0.25, -0.2) is 4.39 Å². The van der Waals surface area contributed by atoms with Gasteiger partial charge < -0.3 is 10.1 Å². The average molecular weight is 271 g/mol. The molecule has 0 saturated carbocycles. The highest BCUT2D eigenvalue weighted by Gasteiger charge is 2.03. The van der Waals surface area contributed by atoms with Gasteiger partial charge in [0.1, 0.15) is 11.6 Å². The molecule has 1 N–H and O–H groups in total. The largest absolute Gasteiger partial charge is 0.495 e. The van der Waals surface area contributed by atoms with Crippen LogP contribution < -0.4 is 10.1 Å². The van der Waals surface area contributed by atoms with Crippen LogP contribution in [-0.2, 0) is 4.79 Å². The first-order valence-electron chi connectivity index (χ1n) is 6.06. The molecule has 2 rings (SSSR count). The van der Waals surface area contributed by atoms with Crippen molar-refractivity contribution < 1.29 is 13.9 Å². The van der Waals surface area contributed by atoms with E-state index < -0.39 is 0 Å². The summed E-state index contributed by atoms with van der Waals surface area (Å²) in [5.74, 6) is -0.0592. The van der Waals surface area contributed by atoms with Crippen molar-refractivity contribution in [1.29, 1.82) is 0 Å². The number of anilines is 1. The van der Waals surface area contributed by atoms with Gasteiger partial charge in [-0.05, 0) is 35.9 Å². The first-order valence-corrected chi connectivity index (χ1v) is 6.06. The first-order chi connectivity index (χ1) is 9.69. The van der Waals surface area contributed by atoms with Gasteiger partial charge in [0.25, 0.3) is 0 Å². The summed E-state index contributed by atoms with van der Waals surface area (Å²) in [6.45, 7) is 0. The highest BCUT2D eigenvalue weighted by atomic mass is 19.1. The van der Waals surface area contributed by atoms with Crippen LogP contribution in [0.3, 0.4) is 0 Å². The first kappa shape index (κ1) is 13.8. The number of para-hydroxylation sites is 2. The Labute approximate surface area is 116 Å². The quantitative estimate of drug-likeness (QED) is 0.864. The van der Waals surface area contributed by atoms with E-state index in [1.54, 1.807) is 36.4 Å². The molecule has 2 aromatic carbocycles. The molecule has 0 bridgehead atoms. The zero-order chi connectivity index (χ0) is 14.4. The molecule has 0 fully saturated rings. The monoisotopic (exact) mass is 271 g/mol. The molecule has 0 spiro atoms. The van der Waals surface area contributed by atoms with Gasteiger partial charge in [0.05, 0.1) is 12.8 Å². The number of nitrogens with one attached hydrogen (secondary N) is 1. The molecule has 0 aliphatic heterocycles. The summed E-state index contributed by atoms with van der Waals surface area (Å²) < 4.78 is 18.1. The lowest BCUT2D eigenvalue weighted by Gasteiger charge is -2.07. The van der Waals surface area contributed by atoms with Gasteiger partial charge in [0.2, 0.25) is 5.91 Å². The van der Waals surface area contributed by atoms with E-state index in [4.69, 9.17) is 4.74 Å². The minimum atomic E-state index is -0.336. The molecular weight excluding hydrogens is 257 g/mol. The van der Waals surface area contributed by atoms with E-state index >= 15 is 0 Å². The molecule has 2 aromatic rings. The molecule has 4 heteroatoms. The van der Waals surface area contributed by atoms with Crippen molar-refractivity contribution in [3.63, 3.8) is 0 Å². The van der Waals surface area contributed by atoms with Crippen LogP contribution in [0.4, 0.5) is 10.1 Å². The van der Waals surface area contributed by atoms with Crippen LogP contribution >= 0.6 is 0 Å². The lowest BCUT2D eigenvalue weighted by Crippen LogP contribution is -2.08. The number of halogens is 1. The third-order valence-electron chi connectivity index (χ3n) is 2.64. The Hall–Kier alpha value is -2.62. The van der Waals surface area contributed by atoms with Crippen LogP contribution in [0.5, 0.6) is 5.75 Å². The number of hydrogen-bond donors (Lipinski definition) is 1. The van der Waals surface area contributed by atoms with E-state index in [0.717, 1.165) is 0 Å². The molecule has 0 heterocycles. The minimum absolute atomic E-state index is 0.307. The smallest absolute Gasteiger partial charge is 0.248 e. The van der Waals surface area contributed by atoms with Gasteiger partial charge in [0, 0.05) is 6.08 Å². The molecule has 0 aromatic heterocycles. The second-order valence-corrected chi connectivity index (χ2v) is 4.08. The fourth-order valence-electron chi connectivity index (χ4n) is 1.70. The van der Waals surface area contributed by atoms with Gasteiger partial charge in [-0.2, -0.15) is 0 Å². The maximum absolute atomic E-state index is 13.0. The summed E-state index contributed by atoms with van der Waals surface area (Å²) in [6, 6.07) is 13.1. The van der Waals surface area contributed by atoms with Crippen LogP contribution in [0.2, 0.25) is 0 Å². The van der Waals surface area contributed by atoms with E-state index in [2.05, 4.69) is 5.32 Å². The van der Waals surface area contributed by atoms with Crippen LogP contribution in [0.25, 0.3) is 6.08 Å². The predicted molar refractivity (Wildman–Crippen MR) is 77.1 cm³/mol. The van der Waals surface area contributed by atoms with Crippen molar-refractivity contribution in [3.05, 3.63) is 66.0 Å². The molecule has 102 valence electrons. The Morgan fingerprint density at radius 3 is 2.75 bits per heavy atom. The van der Waals surface area contributed by atoms with Crippen LogP contribution in [0, 0.1) is 5.82 Å². The molecule has 0 aliphatic carbocycles. The zero-order valence-electron chi connectivity index (χ0n) is 11.0. The van der Waals surface area contributed by atoms with Crippen LogP contribution in [-0.4, -0.2) is 13.0 Å². The summed E-state index contributed by atoms with van der Waals surface area (Å²) in [4.78, 5) is 11.8. The van der Waals surface area contributed by atoms with E-state index in [1.807, 2.05) is 6.07 Å². The summed E-state index contributed by atoms with van der Waals surface area (Å²) in [6.07, 6.45) is 2.90. The molecule has 1 amide bonds. The van der Waals surface area contributed by atoms with E-state index in [-0.39, 0.29) is 11.7 Å². The zero-order valence-corrected chi connectivity index (χ0v) is 11.0. The van der Waals surface area contributed by atoms with Crippen LogP contribution in [0.1, 0.15) is 5.56 Å². The van der Waals surface area contributed by atoms with Crippen molar-refractivity contribution in [1.82, 2.24) is 0 Å². The molecule has 0 saturated heterocycles. The topological polar surface area (TPSA) is 38.3 Å². The third kappa shape index (κ3) is 3.68. The number of hydrogen-bond acceptors (Lipinski definition) is 2. The number of benzene rings is 2. The summed E-state index contributed by atoms with van der Waals surface area (Å²) in [5.41, 5.74) is 1.21. The Bertz CT molecular complexity index is 638. The second-order valence-electron chi connectivity index (χ2n) is 4.08. The Kier molecular flexibility index (Phi) is 4.50. The van der Waals surface area contributed by atoms with Crippen molar-refractivity contribution in [2.75, 3.05) is 12.4 Å². The Morgan fingerprint density at radius 1 is 1.20 bits per heavy atom. The lowest BCUT2D eigenvalue weighted by atomic mass is 10.2. The van der Waals surface area contributed by atoms with E-state index in [9.17, 15) is 9.18 Å². The normalized spacial score (nSPS) is 10.5. The molecular formula is C16H14FNO2. The molecule has 20 heavy (non-hydrogen) atoms. The van der Waals surface area contributed by atoms with Gasteiger partial charge in [-0.3, -0.25) is 4.79 Å². The number of ether oxygens (including phenoxy) is 1. The molecule has 0 radical (unpaired) electrons. The maximum atomic E-state index is 13.0. The summed E-state index contributed by atoms with van der Waals surface area (Å²) in [7, 11) is 1.54. The van der Waals surface area contributed by atoms with E-state index in [0.29, 0.717) is 17.0 Å². The van der Waals surface area contributed by atoms with Crippen molar-refractivity contribution in [2.45, 2.75) is 0 Å². The second kappa shape index (κ2) is 6.52. The highest BCUT2D eigenvalue weighted by molar-refractivity contribution is 6.02. The van der Waals surface area contributed by atoms with Gasteiger partial charge >= 0.3 is 0 Å². The molecule has 3 nitrogen and oxygen atoms in total. The van der Waals surface area contributed by atoms with Gasteiger partial charge in [-0.1, -0.05) is 24.3 Å². The highest BCUT2D eigenvalue weighted by Crippen LogP contribution is 2.22. The van der Waals surface area contributed by atoms with Crippen molar-refractivity contribution >= 4 is 17.7 Å². The third-order valence-corrected chi connectivity index (χ3v) is 2.64. The van der Waals surface area contributed by atoms with Crippen molar-refractivity contribution in [3.8, 4) is 5.75 Å². The molecule has 0 atom stereocenters. The molecule has 0 unspecified atom stereocenters. The number of rotatable bonds is 4. The van der Waals surface area contributed by atoms with Crippen LogP contribution in [0.15, 0.2) is 54.6 Å². The fourth-order valence-corrected chi connectivity index (χ4v) is 1.70. The van der Waals surface area contributed by atoms with Gasteiger partial charge in [-0.15, -0.1) is 0 Å². The fraction of sp³-hybridized carbons (Fsp3) is 0.0625. The Balaban J connectivity index is 2.06. The summed E-state index contributed by atoms with van der Waals surface area (Å²) >= 11 is 0. The minimum Gasteiger partial charge on any atom is -0.495 e. The predicted octanol–water partition coefficient (Wildman–Crippen LogP) is 3.49. The van der Waals surface area contributed by atoms with E-state index in [1.165, 1.54) is 25.3 Å². The number of amides is 1. The number of carbonyl (C=O) groups excluding carboxylic acids is 1. The lowest BCUT2D eigenvalue weighted by molar-refractivity contribution is -0.111. The SMILES string of the molecule is COc1ccccc1NC(=O)C=Cc1cccc(F)c1. The number of carbonyl (C=O) groups is 1. The summed E-state index contributed by atoms with van der Waals surface area (Å²) in [5, 5.41) is 2.70. The molecule has 0 aliphatic rings. The number of methoxy groups -OCH3 is 1. The van der Waals surface area contributed by atoms with Crippen molar-refractivity contribution in [2.24, 2.45) is 0 Å². The average Bonchev–Trinajstić information content (AvgIpc) is 2.46. The Morgan fingerprint density at radius 2 is 2.00 bits per heavy atom. The standard InChI is InChI=1S/C16H14FNO2/c1-20-15-8-3-2-7-14(15)18-16(19)10-9-12-5-4-6-13(17)11-12/h2-11H,1H3,(H,18,19). The van der Waals surface area contributed by atoms with Gasteiger partial charge in [0.15, 0.2) is 0 Å².